The average molecular weight is 225 g/mol. The molecule has 0 aromatic carbocycles. The summed E-state index contributed by atoms with van der Waals surface area (Å²) >= 11 is 0. The van der Waals surface area contributed by atoms with E-state index in [-0.39, 0.29) is 0 Å². The summed E-state index contributed by atoms with van der Waals surface area (Å²) in [4.78, 5) is 7.34. The number of nitrogens with zero attached hydrogens (tertiary/aromatic N) is 3. The fraction of sp³-hybridized carbons (Fsp3) is 0.846. The molecule has 3 nitrogen and oxygen atoms in total. The van der Waals surface area contributed by atoms with E-state index in [4.69, 9.17) is 0 Å². The number of hydrogen-bond acceptors (Lipinski definition) is 3. The van der Waals surface area contributed by atoms with Crippen molar-refractivity contribution in [1.29, 1.82) is 0 Å². The van der Waals surface area contributed by atoms with E-state index >= 15 is 0 Å². The van der Waals surface area contributed by atoms with Gasteiger partial charge in [0.05, 0.1) is 0 Å². The minimum absolute atomic E-state index is 0.560. The Morgan fingerprint density at radius 3 is 2.25 bits per heavy atom. The summed E-state index contributed by atoms with van der Waals surface area (Å²) < 4.78 is 0. The maximum atomic E-state index is 4.05. The molecule has 0 aliphatic carbocycles. The van der Waals surface area contributed by atoms with Crippen molar-refractivity contribution < 1.29 is 0 Å². The number of allylic oxidation sites excluding steroid dienone is 1. The molecule has 94 valence electrons. The van der Waals surface area contributed by atoms with Crippen LogP contribution in [0.4, 0.5) is 0 Å². The van der Waals surface area contributed by atoms with Crippen molar-refractivity contribution in [2.24, 2.45) is 0 Å². The summed E-state index contributed by atoms with van der Waals surface area (Å²) in [6.07, 6.45) is 0. The lowest BCUT2D eigenvalue weighted by atomic mass is 10.2. The molecule has 0 unspecified atom stereocenters. The van der Waals surface area contributed by atoms with Gasteiger partial charge in [-0.05, 0) is 27.8 Å². The molecule has 0 amide bonds. The third-order valence-corrected chi connectivity index (χ3v) is 3.37. The summed E-state index contributed by atoms with van der Waals surface area (Å²) in [6, 6.07) is 0.560. The van der Waals surface area contributed by atoms with Crippen LogP contribution >= 0.6 is 0 Å². The Kier molecular flexibility index (Phi) is 5.29. The summed E-state index contributed by atoms with van der Waals surface area (Å²) in [5, 5.41) is 0. The predicted molar refractivity (Wildman–Crippen MR) is 70.6 cm³/mol. The lowest BCUT2D eigenvalue weighted by molar-refractivity contribution is 0.136. The normalized spacial score (nSPS) is 19.1. The summed E-state index contributed by atoms with van der Waals surface area (Å²) in [6.45, 7) is 17.7. The van der Waals surface area contributed by atoms with Gasteiger partial charge in [0.15, 0.2) is 0 Å². The highest BCUT2D eigenvalue weighted by Gasteiger charge is 2.15. The quantitative estimate of drug-likeness (QED) is 0.702. The van der Waals surface area contributed by atoms with Crippen LogP contribution in [0.3, 0.4) is 0 Å². The molecule has 3 heteroatoms. The van der Waals surface area contributed by atoms with Crippen molar-refractivity contribution in [3.05, 3.63) is 12.3 Å². The van der Waals surface area contributed by atoms with Crippen LogP contribution in [0.1, 0.15) is 20.8 Å². The van der Waals surface area contributed by atoms with Crippen LogP contribution in [0.15, 0.2) is 12.3 Å². The van der Waals surface area contributed by atoms with Gasteiger partial charge in [-0.15, -0.1) is 0 Å². The number of hydrogen-bond donors (Lipinski definition) is 0. The van der Waals surface area contributed by atoms with Gasteiger partial charge in [-0.1, -0.05) is 6.58 Å². The zero-order valence-electron chi connectivity index (χ0n) is 11.4. The third-order valence-electron chi connectivity index (χ3n) is 3.37. The van der Waals surface area contributed by atoms with Crippen LogP contribution in [0, 0.1) is 0 Å². The SMILES string of the molecule is C=C(C)N(CCN1CCN(C)CC1)C(C)C. The molecule has 1 heterocycles. The molecular formula is C13H27N3. The minimum atomic E-state index is 0.560. The van der Waals surface area contributed by atoms with E-state index in [0.29, 0.717) is 6.04 Å². The van der Waals surface area contributed by atoms with Crippen molar-refractivity contribution in [3.8, 4) is 0 Å². The van der Waals surface area contributed by atoms with E-state index in [0.717, 1.165) is 6.54 Å². The minimum Gasteiger partial charge on any atom is -0.372 e. The van der Waals surface area contributed by atoms with Crippen molar-refractivity contribution in [1.82, 2.24) is 14.7 Å². The number of rotatable bonds is 5. The number of likely N-dealkylation sites (N-methyl/N-ethyl adjacent to an activating group) is 1. The molecule has 0 aromatic rings. The van der Waals surface area contributed by atoms with E-state index in [2.05, 4.69) is 49.1 Å². The van der Waals surface area contributed by atoms with E-state index < -0.39 is 0 Å². The van der Waals surface area contributed by atoms with Crippen molar-refractivity contribution >= 4 is 0 Å². The molecule has 1 aliphatic rings. The maximum Gasteiger partial charge on any atom is 0.0305 e. The fourth-order valence-corrected chi connectivity index (χ4v) is 2.21. The zero-order chi connectivity index (χ0) is 12.1. The molecule has 16 heavy (non-hydrogen) atoms. The van der Waals surface area contributed by atoms with Gasteiger partial charge in [-0.3, -0.25) is 4.90 Å². The molecule has 1 saturated heterocycles. The summed E-state index contributed by atoms with van der Waals surface area (Å²) in [5.41, 5.74) is 1.18. The maximum absolute atomic E-state index is 4.05. The molecule has 1 aliphatic heterocycles. The molecule has 0 spiro atoms. The highest BCUT2D eigenvalue weighted by molar-refractivity contribution is 4.91. The van der Waals surface area contributed by atoms with Crippen LogP contribution < -0.4 is 0 Å². The topological polar surface area (TPSA) is 9.72 Å². The Balaban J connectivity index is 2.29. The van der Waals surface area contributed by atoms with E-state index in [9.17, 15) is 0 Å². The lowest BCUT2D eigenvalue weighted by Gasteiger charge is -2.35. The molecule has 0 bridgehead atoms. The Morgan fingerprint density at radius 2 is 1.81 bits per heavy atom. The Bertz CT molecular complexity index is 217. The summed E-state index contributed by atoms with van der Waals surface area (Å²) in [5.74, 6) is 0. The van der Waals surface area contributed by atoms with Gasteiger partial charge >= 0.3 is 0 Å². The predicted octanol–water partition coefficient (Wildman–Crippen LogP) is 1.48. The second-order valence-corrected chi connectivity index (χ2v) is 5.17. The van der Waals surface area contributed by atoms with Crippen LogP contribution in [0.2, 0.25) is 0 Å². The van der Waals surface area contributed by atoms with Gasteiger partial charge in [-0.25, -0.2) is 0 Å². The lowest BCUT2D eigenvalue weighted by Crippen LogP contribution is -2.47. The first-order valence-electron chi connectivity index (χ1n) is 6.33. The number of piperazine rings is 1. The second-order valence-electron chi connectivity index (χ2n) is 5.17. The Morgan fingerprint density at radius 1 is 1.25 bits per heavy atom. The van der Waals surface area contributed by atoms with Gasteiger partial charge in [-0.2, -0.15) is 0 Å². The van der Waals surface area contributed by atoms with Gasteiger partial charge < -0.3 is 9.80 Å². The molecule has 0 radical (unpaired) electrons. The smallest absolute Gasteiger partial charge is 0.0305 e. The van der Waals surface area contributed by atoms with Crippen LogP contribution in [-0.4, -0.2) is 67.1 Å². The van der Waals surface area contributed by atoms with Crippen molar-refractivity contribution in [2.45, 2.75) is 26.8 Å². The fourth-order valence-electron chi connectivity index (χ4n) is 2.21. The highest BCUT2D eigenvalue weighted by atomic mass is 15.3. The van der Waals surface area contributed by atoms with Crippen LogP contribution in [-0.2, 0) is 0 Å². The first-order chi connectivity index (χ1) is 7.50. The first-order valence-corrected chi connectivity index (χ1v) is 6.33. The van der Waals surface area contributed by atoms with Crippen molar-refractivity contribution in [3.63, 3.8) is 0 Å². The van der Waals surface area contributed by atoms with Gasteiger partial charge in [0, 0.05) is 51.0 Å². The second kappa shape index (κ2) is 6.26. The summed E-state index contributed by atoms with van der Waals surface area (Å²) in [7, 11) is 2.20. The first kappa shape index (κ1) is 13.5. The largest absolute Gasteiger partial charge is 0.372 e. The van der Waals surface area contributed by atoms with Crippen LogP contribution in [0.5, 0.6) is 0 Å². The Hall–Kier alpha value is -0.540. The average Bonchev–Trinajstić information content (AvgIpc) is 2.20. The van der Waals surface area contributed by atoms with Gasteiger partial charge in [0.2, 0.25) is 0 Å². The molecule has 1 rings (SSSR count). The zero-order valence-corrected chi connectivity index (χ0v) is 11.4. The van der Waals surface area contributed by atoms with Crippen molar-refractivity contribution in [2.75, 3.05) is 46.3 Å². The third kappa shape index (κ3) is 4.14. The standard InChI is InChI=1S/C13H27N3/c1-12(2)16(13(3)4)11-10-15-8-6-14(5)7-9-15/h13H,1,6-11H2,2-5H3. The molecule has 0 atom stereocenters. The Labute approximate surface area is 101 Å². The molecule has 0 saturated carbocycles. The van der Waals surface area contributed by atoms with Gasteiger partial charge in [0.25, 0.3) is 0 Å². The van der Waals surface area contributed by atoms with Crippen LogP contribution in [0.25, 0.3) is 0 Å². The molecular weight excluding hydrogens is 198 g/mol. The van der Waals surface area contributed by atoms with E-state index in [1.54, 1.807) is 0 Å². The highest BCUT2D eigenvalue weighted by Crippen LogP contribution is 2.07. The monoisotopic (exact) mass is 225 g/mol. The van der Waals surface area contributed by atoms with E-state index in [1.165, 1.54) is 38.4 Å². The molecule has 1 fully saturated rings. The van der Waals surface area contributed by atoms with Gasteiger partial charge in [0.1, 0.15) is 0 Å². The molecule has 0 N–H and O–H groups in total. The van der Waals surface area contributed by atoms with E-state index in [1.807, 2.05) is 0 Å². The molecule has 0 aromatic heterocycles.